The number of amides is 2. The number of allylic oxidation sites excluding steroid dienone is 3. The molecule has 0 bridgehead atoms. The number of aromatic hydroxyl groups is 1. The number of nitrogen functional groups attached to an aromatic ring is 1. The maximum atomic E-state index is 13.5. The summed E-state index contributed by atoms with van der Waals surface area (Å²) in [4.78, 5) is 28.0. The van der Waals surface area contributed by atoms with E-state index in [1.54, 1.807) is 36.1 Å². The normalized spacial score (nSPS) is 15.5. The highest BCUT2D eigenvalue weighted by Gasteiger charge is 2.35. The van der Waals surface area contributed by atoms with Gasteiger partial charge in [-0.3, -0.25) is 9.59 Å². The molecule has 2 aromatic carbocycles. The Bertz CT molecular complexity index is 1090. The summed E-state index contributed by atoms with van der Waals surface area (Å²) in [5.74, 6) is -0.328. The first kappa shape index (κ1) is 25.0. The molecule has 1 atom stereocenters. The van der Waals surface area contributed by atoms with Crippen LogP contribution in [0.4, 0.5) is 11.4 Å². The van der Waals surface area contributed by atoms with Crippen LogP contribution < -0.4 is 11.1 Å². The second kappa shape index (κ2) is 10.4. The lowest BCUT2D eigenvalue weighted by molar-refractivity contribution is -0.135. The summed E-state index contributed by atoms with van der Waals surface area (Å²) in [7, 11) is 0. The average molecular weight is 456 g/mol. The summed E-state index contributed by atoms with van der Waals surface area (Å²) < 4.78 is 0. The van der Waals surface area contributed by atoms with Crippen LogP contribution in [-0.2, 0) is 16.0 Å². The van der Waals surface area contributed by atoms with E-state index in [2.05, 4.69) is 5.32 Å². The standard InChI is InChI=1S/C25H29N3O3.ClH/c1-5-6-7-8-22(29)28-12-11-18-9-10-19(26)14-20(18)23(28)25(31)27-21-13-15(2)24(30)17(4)16(21)3;/h5-10,13-14,23,30H,11-12,26H2,1-4H3,(H,27,31);1H/b6-5+,8-7+;. The number of carbonyl (C=O) groups is 2. The highest BCUT2D eigenvalue weighted by molar-refractivity contribution is 6.01. The number of halogens is 1. The number of nitrogens with one attached hydrogen (secondary N) is 1. The van der Waals surface area contributed by atoms with Crippen molar-refractivity contribution < 1.29 is 14.7 Å². The summed E-state index contributed by atoms with van der Waals surface area (Å²) in [6.07, 6.45) is 7.40. The predicted octanol–water partition coefficient (Wildman–Crippen LogP) is 4.52. The molecule has 1 unspecified atom stereocenters. The van der Waals surface area contributed by atoms with Gasteiger partial charge < -0.3 is 21.1 Å². The summed E-state index contributed by atoms with van der Waals surface area (Å²) >= 11 is 0. The zero-order valence-corrected chi connectivity index (χ0v) is 19.6. The molecule has 6 nitrogen and oxygen atoms in total. The van der Waals surface area contributed by atoms with Crippen molar-refractivity contribution in [3.63, 3.8) is 0 Å². The largest absolute Gasteiger partial charge is 0.507 e. The molecule has 0 spiro atoms. The lowest BCUT2D eigenvalue weighted by atomic mass is 9.91. The molecule has 0 fully saturated rings. The van der Waals surface area contributed by atoms with Crippen molar-refractivity contribution in [1.29, 1.82) is 0 Å². The van der Waals surface area contributed by atoms with Gasteiger partial charge in [-0.2, -0.15) is 0 Å². The molecule has 1 aliphatic heterocycles. The van der Waals surface area contributed by atoms with Crippen molar-refractivity contribution in [2.75, 3.05) is 17.6 Å². The highest BCUT2D eigenvalue weighted by atomic mass is 35.5. The number of hydrogen-bond acceptors (Lipinski definition) is 4. The number of aryl methyl sites for hydroxylation is 1. The second-order valence-corrected chi connectivity index (χ2v) is 7.86. The zero-order chi connectivity index (χ0) is 22.7. The molecule has 0 saturated carbocycles. The van der Waals surface area contributed by atoms with E-state index in [0.717, 1.165) is 16.7 Å². The Balaban J connectivity index is 0.00000363. The lowest BCUT2D eigenvalue weighted by Gasteiger charge is -2.36. The van der Waals surface area contributed by atoms with Crippen molar-refractivity contribution in [2.24, 2.45) is 0 Å². The smallest absolute Gasteiger partial charge is 0.251 e. The van der Waals surface area contributed by atoms with Crippen LogP contribution in [-0.4, -0.2) is 28.4 Å². The molecule has 3 rings (SSSR count). The summed E-state index contributed by atoms with van der Waals surface area (Å²) in [5, 5.41) is 13.2. The molecule has 0 saturated heterocycles. The van der Waals surface area contributed by atoms with Gasteiger partial charge in [-0.1, -0.05) is 24.3 Å². The van der Waals surface area contributed by atoms with Gasteiger partial charge in [0.1, 0.15) is 11.8 Å². The maximum absolute atomic E-state index is 13.5. The van der Waals surface area contributed by atoms with Gasteiger partial charge in [0.2, 0.25) is 5.91 Å². The molecule has 7 heteroatoms. The number of nitrogens with zero attached hydrogens (tertiary/aromatic N) is 1. The van der Waals surface area contributed by atoms with E-state index in [9.17, 15) is 14.7 Å². The molecule has 0 aliphatic carbocycles. The maximum Gasteiger partial charge on any atom is 0.251 e. The van der Waals surface area contributed by atoms with Crippen LogP contribution in [0.2, 0.25) is 0 Å². The topological polar surface area (TPSA) is 95.7 Å². The molecular formula is C25H30ClN3O3. The Hall–Kier alpha value is -3.25. The van der Waals surface area contributed by atoms with Gasteiger partial charge in [-0.15, -0.1) is 12.4 Å². The molecule has 32 heavy (non-hydrogen) atoms. The van der Waals surface area contributed by atoms with Crippen molar-refractivity contribution in [1.82, 2.24) is 4.90 Å². The lowest BCUT2D eigenvalue weighted by Crippen LogP contribution is -2.44. The monoisotopic (exact) mass is 455 g/mol. The van der Waals surface area contributed by atoms with Crippen LogP contribution in [0.25, 0.3) is 0 Å². The molecule has 2 aromatic rings. The quantitative estimate of drug-likeness (QED) is 0.273. The van der Waals surface area contributed by atoms with Crippen molar-refractivity contribution >= 4 is 35.6 Å². The van der Waals surface area contributed by atoms with E-state index < -0.39 is 6.04 Å². The third-order valence-electron chi connectivity index (χ3n) is 5.79. The third-order valence-corrected chi connectivity index (χ3v) is 5.79. The summed E-state index contributed by atoms with van der Waals surface area (Å²) in [6.45, 7) is 7.75. The summed E-state index contributed by atoms with van der Waals surface area (Å²) in [5.41, 5.74) is 11.1. The molecular weight excluding hydrogens is 426 g/mol. The fraction of sp³-hybridized carbons (Fsp3) is 0.280. The van der Waals surface area contributed by atoms with Crippen LogP contribution in [0.3, 0.4) is 0 Å². The van der Waals surface area contributed by atoms with Crippen LogP contribution in [0, 0.1) is 20.8 Å². The number of carbonyl (C=O) groups excluding carboxylic acids is 2. The number of anilines is 2. The van der Waals surface area contributed by atoms with Gasteiger partial charge in [0, 0.05) is 24.0 Å². The van der Waals surface area contributed by atoms with Gasteiger partial charge in [0.15, 0.2) is 0 Å². The van der Waals surface area contributed by atoms with Crippen LogP contribution in [0.5, 0.6) is 5.75 Å². The average Bonchev–Trinajstić information content (AvgIpc) is 2.75. The molecule has 1 heterocycles. The number of benzene rings is 2. The minimum absolute atomic E-state index is 0. The molecule has 170 valence electrons. The Morgan fingerprint density at radius 3 is 2.56 bits per heavy atom. The summed E-state index contributed by atoms with van der Waals surface area (Å²) in [6, 6.07) is 6.45. The third kappa shape index (κ3) is 4.97. The van der Waals surface area contributed by atoms with E-state index >= 15 is 0 Å². The van der Waals surface area contributed by atoms with Crippen molar-refractivity contribution in [3.8, 4) is 5.75 Å². The number of rotatable bonds is 4. The minimum Gasteiger partial charge on any atom is -0.507 e. The highest BCUT2D eigenvalue weighted by Crippen LogP contribution is 2.35. The van der Waals surface area contributed by atoms with Gasteiger partial charge in [0.25, 0.3) is 5.91 Å². The Morgan fingerprint density at radius 1 is 1.16 bits per heavy atom. The second-order valence-electron chi connectivity index (χ2n) is 7.86. The van der Waals surface area contributed by atoms with Gasteiger partial charge in [-0.25, -0.2) is 0 Å². The SMILES string of the molecule is C/C=C/C=C/C(=O)N1CCc2ccc(N)cc2C1C(=O)Nc1cc(C)c(O)c(C)c1C.Cl. The van der Waals surface area contributed by atoms with Crippen molar-refractivity contribution in [3.05, 3.63) is 76.4 Å². The van der Waals surface area contributed by atoms with E-state index in [-0.39, 0.29) is 30.0 Å². The molecule has 0 aromatic heterocycles. The zero-order valence-electron chi connectivity index (χ0n) is 18.8. The number of hydrogen-bond donors (Lipinski definition) is 3. The molecule has 4 N–H and O–H groups in total. The number of phenols is 1. The first-order valence-electron chi connectivity index (χ1n) is 10.3. The Morgan fingerprint density at radius 2 is 1.88 bits per heavy atom. The van der Waals surface area contributed by atoms with Crippen LogP contribution in [0.15, 0.2) is 48.6 Å². The van der Waals surface area contributed by atoms with Crippen LogP contribution in [0.1, 0.15) is 40.8 Å². The van der Waals surface area contributed by atoms with E-state index in [1.807, 2.05) is 39.0 Å². The van der Waals surface area contributed by atoms with Gasteiger partial charge in [-0.05, 0) is 80.1 Å². The predicted molar refractivity (Wildman–Crippen MR) is 131 cm³/mol. The molecule has 2 amide bonds. The first-order chi connectivity index (χ1) is 14.7. The number of phenolic OH excluding ortho intramolecular Hbond substituents is 1. The van der Waals surface area contributed by atoms with Crippen LogP contribution >= 0.6 is 12.4 Å². The number of nitrogens with two attached hydrogens (primary N) is 1. The number of fused-ring (bicyclic) bond motifs is 1. The fourth-order valence-corrected chi connectivity index (χ4v) is 3.90. The van der Waals surface area contributed by atoms with E-state index in [1.165, 1.54) is 6.08 Å². The van der Waals surface area contributed by atoms with Crippen molar-refractivity contribution in [2.45, 2.75) is 40.2 Å². The Kier molecular flexibility index (Phi) is 8.11. The Labute approximate surface area is 195 Å². The van der Waals surface area contributed by atoms with Gasteiger partial charge >= 0.3 is 0 Å². The van der Waals surface area contributed by atoms with E-state index in [4.69, 9.17) is 5.73 Å². The molecule has 0 radical (unpaired) electrons. The fourth-order valence-electron chi connectivity index (χ4n) is 3.90. The van der Waals surface area contributed by atoms with E-state index in [0.29, 0.717) is 35.5 Å². The van der Waals surface area contributed by atoms with Gasteiger partial charge in [0.05, 0.1) is 0 Å². The molecule has 1 aliphatic rings. The first-order valence-corrected chi connectivity index (χ1v) is 10.3. The minimum atomic E-state index is -0.802.